The topological polar surface area (TPSA) is 91.6 Å². The van der Waals surface area contributed by atoms with Crippen molar-refractivity contribution in [2.24, 2.45) is 11.7 Å². The van der Waals surface area contributed by atoms with Gasteiger partial charge in [-0.3, -0.25) is 9.59 Å². The fourth-order valence-electron chi connectivity index (χ4n) is 3.43. The van der Waals surface area contributed by atoms with Crippen LogP contribution >= 0.6 is 0 Å². The highest BCUT2D eigenvalue weighted by molar-refractivity contribution is 5.99. The van der Waals surface area contributed by atoms with E-state index in [2.05, 4.69) is 10.3 Å². The van der Waals surface area contributed by atoms with Gasteiger partial charge in [-0.15, -0.1) is 0 Å². The number of pyridine rings is 1. The summed E-state index contributed by atoms with van der Waals surface area (Å²) >= 11 is 0. The molecule has 2 aliphatic rings. The standard InChI is InChI=1S/C17H22F3N5O2/c1-22-15(26)13-8-11(17(18,19)20)9-23-14(13)24-2-4-25(5-3-24)16(27)10-6-12(21)7-10/h8-10,12H,2-7,21H2,1H3,(H,22,26). The largest absolute Gasteiger partial charge is 0.417 e. The third kappa shape index (κ3) is 4.00. The van der Waals surface area contributed by atoms with Crippen molar-refractivity contribution in [3.63, 3.8) is 0 Å². The number of alkyl halides is 3. The summed E-state index contributed by atoms with van der Waals surface area (Å²) in [6.07, 6.45) is -2.46. The fourth-order valence-corrected chi connectivity index (χ4v) is 3.43. The minimum Gasteiger partial charge on any atom is -0.355 e. The van der Waals surface area contributed by atoms with Gasteiger partial charge in [0.25, 0.3) is 5.91 Å². The molecule has 2 heterocycles. The lowest BCUT2D eigenvalue weighted by Gasteiger charge is -2.40. The highest BCUT2D eigenvalue weighted by Gasteiger charge is 2.37. The first kappa shape index (κ1) is 19.4. The summed E-state index contributed by atoms with van der Waals surface area (Å²) in [4.78, 5) is 31.9. The van der Waals surface area contributed by atoms with Gasteiger partial charge in [-0.25, -0.2) is 4.98 Å². The van der Waals surface area contributed by atoms with Gasteiger partial charge in [0.15, 0.2) is 0 Å². The van der Waals surface area contributed by atoms with Crippen molar-refractivity contribution < 1.29 is 22.8 Å². The number of piperazine rings is 1. The van der Waals surface area contributed by atoms with Crippen molar-refractivity contribution >= 4 is 17.6 Å². The van der Waals surface area contributed by atoms with E-state index in [1.807, 2.05) is 0 Å². The van der Waals surface area contributed by atoms with Gasteiger partial charge in [0.2, 0.25) is 5.91 Å². The van der Waals surface area contributed by atoms with Crippen LogP contribution in [0.25, 0.3) is 0 Å². The second-order valence-corrected chi connectivity index (χ2v) is 6.91. The van der Waals surface area contributed by atoms with Crippen molar-refractivity contribution in [3.05, 3.63) is 23.4 Å². The number of nitrogens with one attached hydrogen (secondary N) is 1. The summed E-state index contributed by atoms with van der Waals surface area (Å²) in [5, 5.41) is 2.35. The molecule has 7 nitrogen and oxygen atoms in total. The lowest BCUT2D eigenvalue weighted by molar-refractivity contribution is -0.139. The average molecular weight is 385 g/mol. The van der Waals surface area contributed by atoms with Crippen LogP contribution in [0.1, 0.15) is 28.8 Å². The molecule has 0 atom stereocenters. The average Bonchev–Trinajstić information content (AvgIpc) is 2.63. The molecule has 1 aliphatic heterocycles. The Kier molecular flexibility index (Phi) is 5.27. The normalized spacial score (nSPS) is 23.0. The third-order valence-electron chi connectivity index (χ3n) is 5.08. The number of carbonyl (C=O) groups is 2. The molecule has 3 N–H and O–H groups in total. The Balaban J connectivity index is 1.73. The SMILES string of the molecule is CNC(=O)c1cc(C(F)(F)F)cnc1N1CCN(C(=O)C2CC(N)C2)CC1. The first-order chi connectivity index (χ1) is 12.7. The molecular formula is C17H22F3N5O2. The second kappa shape index (κ2) is 7.34. The van der Waals surface area contributed by atoms with Crippen molar-refractivity contribution in [3.8, 4) is 0 Å². The van der Waals surface area contributed by atoms with Gasteiger partial charge in [-0.05, 0) is 18.9 Å². The number of aromatic nitrogens is 1. The van der Waals surface area contributed by atoms with Crippen molar-refractivity contribution in [1.29, 1.82) is 0 Å². The summed E-state index contributed by atoms with van der Waals surface area (Å²) < 4.78 is 38.9. The van der Waals surface area contributed by atoms with Crippen LogP contribution in [0.2, 0.25) is 0 Å². The monoisotopic (exact) mass is 385 g/mol. The van der Waals surface area contributed by atoms with Gasteiger partial charge in [0.05, 0.1) is 11.1 Å². The van der Waals surface area contributed by atoms with Crippen LogP contribution in [0.4, 0.5) is 19.0 Å². The molecule has 1 saturated heterocycles. The van der Waals surface area contributed by atoms with Crippen LogP contribution in [0.3, 0.4) is 0 Å². The molecule has 0 spiro atoms. The maximum absolute atomic E-state index is 13.0. The molecule has 1 aromatic rings. The van der Waals surface area contributed by atoms with Gasteiger partial charge in [-0.2, -0.15) is 13.2 Å². The lowest BCUT2D eigenvalue weighted by atomic mass is 9.80. The molecule has 1 aromatic heterocycles. The summed E-state index contributed by atoms with van der Waals surface area (Å²) in [6.45, 7) is 1.65. The smallest absolute Gasteiger partial charge is 0.355 e. The molecular weight excluding hydrogens is 363 g/mol. The minimum absolute atomic E-state index is 0.0304. The van der Waals surface area contributed by atoms with Crippen LogP contribution in [0.15, 0.2) is 12.3 Å². The number of anilines is 1. The minimum atomic E-state index is -4.58. The molecule has 3 rings (SSSR count). The summed E-state index contributed by atoms with van der Waals surface area (Å²) in [7, 11) is 1.35. The molecule has 0 bridgehead atoms. The molecule has 1 saturated carbocycles. The van der Waals surface area contributed by atoms with Crippen molar-refractivity contribution in [2.45, 2.75) is 25.1 Å². The van der Waals surface area contributed by atoms with E-state index in [0.29, 0.717) is 39.0 Å². The van der Waals surface area contributed by atoms with Crippen LogP contribution in [-0.2, 0) is 11.0 Å². The Labute approximate surface area is 154 Å². The van der Waals surface area contributed by atoms with Gasteiger partial charge < -0.3 is 20.9 Å². The maximum atomic E-state index is 13.0. The third-order valence-corrected chi connectivity index (χ3v) is 5.08. The Hall–Kier alpha value is -2.36. The van der Waals surface area contributed by atoms with E-state index in [0.717, 1.165) is 12.3 Å². The molecule has 0 radical (unpaired) electrons. The van der Waals surface area contributed by atoms with Gasteiger partial charge >= 0.3 is 6.18 Å². The number of halogens is 3. The molecule has 27 heavy (non-hydrogen) atoms. The number of amides is 2. The predicted octanol–water partition coefficient (Wildman–Crippen LogP) is 0.846. The number of rotatable bonds is 3. The van der Waals surface area contributed by atoms with Crippen LogP contribution in [0.5, 0.6) is 0 Å². The molecule has 0 unspecified atom stereocenters. The Bertz CT molecular complexity index is 726. The Morgan fingerprint density at radius 2 is 1.85 bits per heavy atom. The van der Waals surface area contributed by atoms with Crippen LogP contribution in [-0.4, -0.2) is 61.0 Å². The van der Waals surface area contributed by atoms with Gasteiger partial charge in [0.1, 0.15) is 5.82 Å². The zero-order valence-electron chi connectivity index (χ0n) is 14.9. The highest BCUT2D eigenvalue weighted by Crippen LogP contribution is 2.32. The molecule has 10 heteroatoms. The molecule has 0 aromatic carbocycles. The van der Waals surface area contributed by atoms with E-state index < -0.39 is 17.6 Å². The van der Waals surface area contributed by atoms with E-state index in [-0.39, 0.29) is 29.2 Å². The molecule has 2 amide bonds. The van der Waals surface area contributed by atoms with Crippen molar-refractivity contribution in [2.75, 3.05) is 38.1 Å². The van der Waals surface area contributed by atoms with E-state index in [4.69, 9.17) is 5.73 Å². The highest BCUT2D eigenvalue weighted by atomic mass is 19.4. The quantitative estimate of drug-likeness (QED) is 0.805. The van der Waals surface area contributed by atoms with E-state index in [9.17, 15) is 22.8 Å². The number of nitrogens with two attached hydrogens (primary N) is 1. The molecule has 148 valence electrons. The van der Waals surface area contributed by atoms with Crippen LogP contribution < -0.4 is 16.0 Å². The maximum Gasteiger partial charge on any atom is 0.417 e. The Morgan fingerprint density at radius 3 is 2.37 bits per heavy atom. The lowest BCUT2D eigenvalue weighted by Crippen LogP contribution is -2.54. The Morgan fingerprint density at radius 1 is 1.22 bits per heavy atom. The molecule has 2 fully saturated rings. The summed E-state index contributed by atoms with van der Waals surface area (Å²) in [6, 6.07) is 0.903. The summed E-state index contributed by atoms with van der Waals surface area (Å²) in [5.41, 5.74) is 4.63. The number of hydrogen-bond donors (Lipinski definition) is 2. The predicted molar refractivity (Wildman–Crippen MR) is 92.1 cm³/mol. The first-order valence-electron chi connectivity index (χ1n) is 8.79. The number of carbonyl (C=O) groups excluding carboxylic acids is 2. The van der Waals surface area contributed by atoms with Crippen LogP contribution in [0, 0.1) is 5.92 Å². The number of nitrogens with zero attached hydrogens (tertiary/aromatic N) is 3. The van der Waals surface area contributed by atoms with Gasteiger partial charge in [0, 0.05) is 51.4 Å². The first-order valence-corrected chi connectivity index (χ1v) is 8.79. The second-order valence-electron chi connectivity index (χ2n) is 6.91. The van der Waals surface area contributed by atoms with E-state index >= 15 is 0 Å². The zero-order valence-corrected chi connectivity index (χ0v) is 14.9. The van der Waals surface area contributed by atoms with Crippen molar-refractivity contribution in [1.82, 2.24) is 15.2 Å². The molecule has 1 aliphatic carbocycles. The van der Waals surface area contributed by atoms with Gasteiger partial charge in [-0.1, -0.05) is 0 Å². The fraction of sp³-hybridized carbons (Fsp3) is 0.588. The van der Waals surface area contributed by atoms with E-state index in [1.54, 1.807) is 9.80 Å². The van der Waals surface area contributed by atoms with E-state index in [1.165, 1.54) is 7.05 Å². The zero-order chi connectivity index (χ0) is 19.8. The number of hydrogen-bond acceptors (Lipinski definition) is 5. The summed E-state index contributed by atoms with van der Waals surface area (Å²) in [5.74, 6) is -0.397.